The molecule has 0 aliphatic rings. The summed E-state index contributed by atoms with van der Waals surface area (Å²) in [5, 5.41) is 7.51. The van der Waals surface area contributed by atoms with Crippen LogP contribution in [0.2, 0.25) is 5.02 Å². The van der Waals surface area contributed by atoms with Gasteiger partial charge in [-0.15, -0.1) is 0 Å². The van der Waals surface area contributed by atoms with E-state index in [-0.39, 0.29) is 11.9 Å². The van der Waals surface area contributed by atoms with Gasteiger partial charge in [-0.3, -0.25) is 4.79 Å². The van der Waals surface area contributed by atoms with E-state index in [0.717, 1.165) is 12.8 Å². The summed E-state index contributed by atoms with van der Waals surface area (Å²) in [7, 11) is 0. The van der Waals surface area contributed by atoms with Crippen molar-refractivity contribution in [3.8, 4) is 11.5 Å². The molecule has 0 spiro atoms. The van der Waals surface area contributed by atoms with Crippen molar-refractivity contribution in [1.82, 2.24) is 5.32 Å². The van der Waals surface area contributed by atoms with Crippen molar-refractivity contribution < 1.29 is 14.3 Å². The van der Waals surface area contributed by atoms with Crippen LogP contribution in [-0.2, 0) is 6.42 Å². The maximum Gasteiger partial charge on any atom is 0.251 e. The number of hydrogen-bond donors (Lipinski definition) is 1. The summed E-state index contributed by atoms with van der Waals surface area (Å²) in [5.41, 5.74) is 1.68. The number of nitrogens with one attached hydrogen (secondary N) is 1. The van der Waals surface area contributed by atoms with Crippen molar-refractivity contribution in [2.75, 3.05) is 13.2 Å². The van der Waals surface area contributed by atoms with E-state index in [1.165, 1.54) is 5.56 Å². The molecule has 1 aromatic carbocycles. The Bertz CT molecular complexity index is 688. The minimum Gasteiger partial charge on any atom is -0.490 e. The lowest BCUT2D eigenvalue weighted by atomic mass is 10.1. The lowest BCUT2D eigenvalue weighted by Crippen LogP contribution is -2.34. The van der Waals surface area contributed by atoms with Crippen LogP contribution in [0.3, 0.4) is 0 Å². The number of benzene rings is 1. The van der Waals surface area contributed by atoms with Crippen molar-refractivity contribution in [2.24, 2.45) is 0 Å². The number of halogens is 1. The summed E-state index contributed by atoms with van der Waals surface area (Å²) in [6.45, 7) is 6.90. The fraction of sp³-hybridized carbons (Fsp3) is 0.421. The molecular formula is C19H24ClNO3S. The Kier molecular flexibility index (Phi) is 7.59. The highest BCUT2D eigenvalue weighted by Crippen LogP contribution is 2.36. The lowest BCUT2D eigenvalue weighted by Gasteiger charge is -2.17. The first kappa shape index (κ1) is 19.6. The number of rotatable bonds is 9. The van der Waals surface area contributed by atoms with E-state index >= 15 is 0 Å². The molecule has 1 unspecified atom stereocenters. The number of ether oxygens (including phenoxy) is 2. The van der Waals surface area contributed by atoms with E-state index in [1.54, 1.807) is 23.5 Å². The normalized spacial score (nSPS) is 11.8. The quantitative estimate of drug-likeness (QED) is 0.668. The molecular weight excluding hydrogens is 358 g/mol. The van der Waals surface area contributed by atoms with Crippen LogP contribution >= 0.6 is 22.9 Å². The van der Waals surface area contributed by atoms with Gasteiger partial charge in [-0.1, -0.05) is 18.5 Å². The van der Waals surface area contributed by atoms with E-state index < -0.39 is 0 Å². The van der Waals surface area contributed by atoms with Crippen molar-refractivity contribution in [3.05, 3.63) is 45.1 Å². The highest BCUT2D eigenvalue weighted by molar-refractivity contribution is 7.07. The third-order valence-electron chi connectivity index (χ3n) is 3.52. The van der Waals surface area contributed by atoms with E-state index in [1.807, 2.05) is 26.2 Å². The predicted molar refractivity (Wildman–Crippen MR) is 103 cm³/mol. The fourth-order valence-corrected chi connectivity index (χ4v) is 3.37. The van der Waals surface area contributed by atoms with E-state index in [4.69, 9.17) is 21.1 Å². The predicted octanol–water partition coefficient (Wildman–Crippen LogP) is 4.95. The molecule has 136 valence electrons. The summed E-state index contributed by atoms with van der Waals surface area (Å²) >= 11 is 7.97. The van der Waals surface area contributed by atoms with E-state index in [9.17, 15) is 4.79 Å². The van der Waals surface area contributed by atoms with Gasteiger partial charge in [-0.25, -0.2) is 0 Å². The minimum atomic E-state index is -0.173. The Morgan fingerprint density at radius 2 is 2.12 bits per heavy atom. The third-order valence-corrected chi connectivity index (χ3v) is 4.53. The summed E-state index contributed by atoms with van der Waals surface area (Å²) in [6, 6.07) is 5.40. The van der Waals surface area contributed by atoms with Crippen LogP contribution in [0.1, 0.15) is 43.1 Å². The van der Waals surface area contributed by atoms with Crippen LogP contribution < -0.4 is 14.8 Å². The number of carbonyl (C=O) groups excluding carboxylic acids is 1. The van der Waals surface area contributed by atoms with Gasteiger partial charge in [-0.2, -0.15) is 11.3 Å². The molecule has 0 aliphatic carbocycles. The second-order valence-electron chi connectivity index (χ2n) is 5.78. The average molecular weight is 382 g/mol. The van der Waals surface area contributed by atoms with Crippen LogP contribution in [0.4, 0.5) is 0 Å². The number of amides is 1. The van der Waals surface area contributed by atoms with E-state index in [2.05, 4.69) is 16.8 Å². The number of hydrogen-bond acceptors (Lipinski definition) is 4. The van der Waals surface area contributed by atoms with Crippen LogP contribution in [0.15, 0.2) is 29.0 Å². The van der Waals surface area contributed by atoms with Gasteiger partial charge in [0.05, 0.1) is 18.2 Å². The maximum atomic E-state index is 12.6. The zero-order valence-electron chi connectivity index (χ0n) is 14.8. The Hall–Kier alpha value is -1.72. The first-order valence-corrected chi connectivity index (χ1v) is 9.78. The van der Waals surface area contributed by atoms with Gasteiger partial charge in [0.1, 0.15) is 0 Å². The molecule has 25 heavy (non-hydrogen) atoms. The molecule has 0 fully saturated rings. The Balaban J connectivity index is 2.12. The Morgan fingerprint density at radius 3 is 2.76 bits per heavy atom. The molecule has 1 amide bonds. The molecule has 1 atom stereocenters. The zero-order valence-corrected chi connectivity index (χ0v) is 16.4. The largest absolute Gasteiger partial charge is 0.490 e. The molecule has 0 radical (unpaired) electrons. The van der Waals surface area contributed by atoms with Gasteiger partial charge < -0.3 is 14.8 Å². The standard InChI is InChI=1S/C19H24ClNO3S/c1-4-7-24-18-16(20)10-15(11-17(18)23-5-2)19(22)21-13(3)9-14-6-8-25-12-14/h6,8,10-13H,4-5,7,9H2,1-3H3,(H,21,22). The van der Waals surface area contributed by atoms with Crippen molar-refractivity contribution in [3.63, 3.8) is 0 Å². The average Bonchev–Trinajstić information content (AvgIpc) is 3.06. The molecule has 0 aliphatic heterocycles. The van der Waals surface area contributed by atoms with Crippen LogP contribution in [0.25, 0.3) is 0 Å². The van der Waals surface area contributed by atoms with Gasteiger partial charge in [-0.05, 0) is 61.2 Å². The zero-order chi connectivity index (χ0) is 18.2. The number of carbonyl (C=O) groups is 1. The highest BCUT2D eigenvalue weighted by atomic mass is 35.5. The second kappa shape index (κ2) is 9.68. The summed E-state index contributed by atoms with van der Waals surface area (Å²) in [6.07, 6.45) is 1.66. The first-order chi connectivity index (χ1) is 12.0. The molecule has 0 saturated heterocycles. The summed E-state index contributed by atoms with van der Waals surface area (Å²) < 4.78 is 11.3. The van der Waals surface area contributed by atoms with Crippen LogP contribution in [0.5, 0.6) is 11.5 Å². The third kappa shape index (κ3) is 5.65. The SMILES string of the molecule is CCCOc1c(Cl)cc(C(=O)NC(C)Cc2ccsc2)cc1OCC. The summed E-state index contributed by atoms with van der Waals surface area (Å²) in [5.74, 6) is 0.819. The molecule has 1 heterocycles. The molecule has 1 N–H and O–H groups in total. The molecule has 2 aromatic rings. The van der Waals surface area contributed by atoms with E-state index in [0.29, 0.717) is 35.3 Å². The molecule has 6 heteroatoms. The first-order valence-electron chi connectivity index (χ1n) is 8.46. The molecule has 0 saturated carbocycles. The van der Waals surface area contributed by atoms with Gasteiger partial charge in [0.15, 0.2) is 11.5 Å². The van der Waals surface area contributed by atoms with Gasteiger partial charge in [0.25, 0.3) is 5.91 Å². The smallest absolute Gasteiger partial charge is 0.251 e. The molecule has 0 bridgehead atoms. The Morgan fingerprint density at radius 1 is 1.32 bits per heavy atom. The van der Waals surface area contributed by atoms with Crippen molar-refractivity contribution in [1.29, 1.82) is 0 Å². The van der Waals surface area contributed by atoms with Gasteiger partial charge >= 0.3 is 0 Å². The minimum absolute atomic E-state index is 0.0208. The molecule has 1 aromatic heterocycles. The monoisotopic (exact) mass is 381 g/mol. The van der Waals surface area contributed by atoms with Gasteiger partial charge in [0, 0.05) is 11.6 Å². The van der Waals surface area contributed by atoms with Crippen molar-refractivity contribution >= 4 is 28.8 Å². The van der Waals surface area contributed by atoms with Gasteiger partial charge in [0.2, 0.25) is 0 Å². The number of thiophene rings is 1. The topological polar surface area (TPSA) is 47.6 Å². The van der Waals surface area contributed by atoms with Crippen molar-refractivity contribution in [2.45, 2.75) is 39.7 Å². The highest BCUT2D eigenvalue weighted by Gasteiger charge is 2.17. The molecule has 2 rings (SSSR count). The van der Waals surface area contributed by atoms with Crippen LogP contribution in [0, 0.1) is 0 Å². The maximum absolute atomic E-state index is 12.6. The fourth-order valence-electron chi connectivity index (χ4n) is 2.43. The van der Waals surface area contributed by atoms with Crippen LogP contribution in [-0.4, -0.2) is 25.2 Å². The molecule has 4 nitrogen and oxygen atoms in total. The Labute approximate surface area is 158 Å². The second-order valence-corrected chi connectivity index (χ2v) is 6.96. The lowest BCUT2D eigenvalue weighted by molar-refractivity contribution is 0.0939. The summed E-state index contributed by atoms with van der Waals surface area (Å²) in [4.78, 5) is 12.6.